The maximum Gasteiger partial charge on any atom is 0.299 e. The Morgan fingerprint density at radius 1 is 1.44 bits per heavy atom. The van der Waals surface area contributed by atoms with E-state index < -0.39 is 16.0 Å². The summed E-state index contributed by atoms with van der Waals surface area (Å²) in [6, 6.07) is 3.49. The zero-order valence-corrected chi connectivity index (χ0v) is 9.64. The first-order valence-corrected chi connectivity index (χ1v) is 6.25. The maximum atomic E-state index is 12.9. The van der Waals surface area contributed by atoms with Crippen molar-refractivity contribution in [3.8, 4) is 0 Å². The Hall–Kier alpha value is -1.34. The number of nitrogens with one attached hydrogen (secondary N) is 2. The number of anilines is 2. The van der Waals surface area contributed by atoms with Crippen LogP contribution in [0.15, 0.2) is 18.2 Å². The standard InChI is InChI=1S/C9H14FN3O2S/c1-2-5-12-16(14,15)13-9-6-7(10)3-4-8(9)11/h3-4,6,12-13H,2,5,11H2,1H3. The van der Waals surface area contributed by atoms with Gasteiger partial charge in [0.2, 0.25) is 0 Å². The van der Waals surface area contributed by atoms with Gasteiger partial charge in [0.15, 0.2) is 0 Å². The third-order valence-corrected chi connectivity index (χ3v) is 2.87. The van der Waals surface area contributed by atoms with Crippen LogP contribution in [0.2, 0.25) is 0 Å². The van der Waals surface area contributed by atoms with Gasteiger partial charge in [-0.05, 0) is 18.6 Å². The molecule has 0 aliphatic heterocycles. The van der Waals surface area contributed by atoms with E-state index in [-0.39, 0.29) is 11.4 Å². The van der Waals surface area contributed by atoms with Crippen LogP contribution in [0.1, 0.15) is 13.3 Å². The molecule has 0 saturated heterocycles. The van der Waals surface area contributed by atoms with Gasteiger partial charge in [0.1, 0.15) is 5.82 Å². The highest BCUT2D eigenvalue weighted by Gasteiger charge is 2.11. The quantitative estimate of drug-likeness (QED) is 0.680. The third kappa shape index (κ3) is 3.67. The number of nitrogen functional groups attached to an aromatic ring is 1. The second-order valence-electron chi connectivity index (χ2n) is 3.23. The van der Waals surface area contributed by atoms with Crippen LogP contribution in [-0.2, 0) is 10.2 Å². The normalized spacial score (nSPS) is 11.4. The SMILES string of the molecule is CCCNS(=O)(=O)Nc1cc(F)ccc1N. The Morgan fingerprint density at radius 3 is 2.75 bits per heavy atom. The summed E-state index contributed by atoms with van der Waals surface area (Å²) in [4.78, 5) is 0. The van der Waals surface area contributed by atoms with Gasteiger partial charge in [0.25, 0.3) is 10.2 Å². The minimum Gasteiger partial charge on any atom is -0.397 e. The van der Waals surface area contributed by atoms with Crippen LogP contribution < -0.4 is 15.2 Å². The summed E-state index contributed by atoms with van der Waals surface area (Å²) in [7, 11) is -3.68. The molecule has 0 bridgehead atoms. The molecule has 0 aromatic heterocycles. The van der Waals surface area contributed by atoms with Crippen molar-refractivity contribution in [1.82, 2.24) is 4.72 Å². The van der Waals surface area contributed by atoms with Crippen molar-refractivity contribution in [2.75, 3.05) is 17.0 Å². The maximum absolute atomic E-state index is 12.9. The average molecular weight is 247 g/mol. The lowest BCUT2D eigenvalue weighted by Gasteiger charge is -2.10. The number of benzene rings is 1. The number of rotatable bonds is 5. The summed E-state index contributed by atoms with van der Waals surface area (Å²) < 4.78 is 40.2. The lowest BCUT2D eigenvalue weighted by molar-refractivity contribution is 0.586. The molecule has 0 atom stereocenters. The van der Waals surface area contributed by atoms with E-state index in [1.807, 2.05) is 6.92 Å². The van der Waals surface area contributed by atoms with Crippen LogP contribution in [0.4, 0.5) is 15.8 Å². The van der Waals surface area contributed by atoms with Crippen LogP contribution in [-0.4, -0.2) is 15.0 Å². The summed E-state index contributed by atoms with van der Waals surface area (Å²) in [5, 5.41) is 0. The molecule has 0 heterocycles. The fraction of sp³-hybridized carbons (Fsp3) is 0.333. The second-order valence-corrected chi connectivity index (χ2v) is 4.73. The van der Waals surface area contributed by atoms with Gasteiger partial charge in [0.05, 0.1) is 11.4 Å². The number of hydrogen-bond donors (Lipinski definition) is 3. The van der Waals surface area contributed by atoms with E-state index in [2.05, 4.69) is 9.44 Å². The smallest absolute Gasteiger partial charge is 0.299 e. The van der Waals surface area contributed by atoms with Crippen molar-refractivity contribution in [2.24, 2.45) is 0 Å². The largest absolute Gasteiger partial charge is 0.397 e. The first-order chi connectivity index (χ1) is 7.44. The molecule has 5 nitrogen and oxygen atoms in total. The number of nitrogens with two attached hydrogens (primary N) is 1. The summed E-state index contributed by atoms with van der Waals surface area (Å²) in [5.41, 5.74) is 5.70. The molecule has 0 fully saturated rings. The Labute approximate surface area is 94.0 Å². The van der Waals surface area contributed by atoms with Crippen molar-refractivity contribution in [3.05, 3.63) is 24.0 Å². The molecular formula is C9H14FN3O2S. The van der Waals surface area contributed by atoms with Gasteiger partial charge in [-0.1, -0.05) is 6.92 Å². The van der Waals surface area contributed by atoms with Crippen molar-refractivity contribution < 1.29 is 12.8 Å². The fourth-order valence-electron chi connectivity index (χ4n) is 1.03. The summed E-state index contributed by atoms with van der Waals surface area (Å²) in [6.45, 7) is 2.14. The van der Waals surface area contributed by atoms with Gasteiger partial charge >= 0.3 is 0 Å². The van der Waals surface area contributed by atoms with E-state index in [1.165, 1.54) is 6.07 Å². The minimum absolute atomic E-state index is 0.0311. The fourth-order valence-corrected chi connectivity index (χ4v) is 2.05. The molecule has 1 aromatic rings. The van der Waals surface area contributed by atoms with Gasteiger partial charge in [-0.3, -0.25) is 4.72 Å². The predicted molar refractivity (Wildman–Crippen MR) is 61.6 cm³/mol. The molecule has 4 N–H and O–H groups in total. The molecule has 0 aliphatic carbocycles. The Kier molecular flexibility index (Phi) is 4.08. The highest BCUT2D eigenvalue weighted by Crippen LogP contribution is 2.19. The molecule has 1 aromatic carbocycles. The molecule has 0 unspecified atom stereocenters. The zero-order valence-electron chi connectivity index (χ0n) is 8.83. The lowest BCUT2D eigenvalue weighted by atomic mass is 10.3. The van der Waals surface area contributed by atoms with Crippen LogP contribution in [0.5, 0.6) is 0 Å². The zero-order chi connectivity index (χ0) is 12.2. The van der Waals surface area contributed by atoms with Gasteiger partial charge in [-0.25, -0.2) is 4.39 Å². The predicted octanol–water partition coefficient (Wildman–Crippen LogP) is 1.06. The highest BCUT2D eigenvalue weighted by atomic mass is 32.2. The van der Waals surface area contributed by atoms with Crippen LogP contribution in [0, 0.1) is 5.82 Å². The van der Waals surface area contributed by atoms with Gasteiger partial charge < -0.3 is 5.73 Å². The van der Waals surface area contributed by atoms with E-state index in [4.69, 9.17) is 5.73 Å². The van der Waals surface area contributed by atoms with Crippen LogP contribution in [0.25, 0.3) is 0 Å². The first kappa shape index (κ1) is 12.7. The van der Waals surface area contributed by atoms with E-state index in [1.54, 1.807) is 0 Å². The topological polar surface area (TPSA) is 84.2 Å². The lowest BCUT2D eigenvalue weighted by Crippen LogP contribution is -2.30. The Bertz CT molecular complexity index is 462. The van der Waals surface area contributed by atoms with Gasteiger partial charge in [0, 0.05) is 12.6 Å². The molecule has 1 rings (SSSR count). The molecule has 0 saturated carbocycles. The highest BCUT2D eigenvalue weighted by molar-refractivity contribution is 7.90. The molecule has 0 aliphatic rings. The van der Waals surface area contributed by atoms with E-state index in [0.717, 1.165) is 12.1 Å². The average Bonchev–Trinajstić information content (AvgIpc) is 2.20. The van der Waals surface area contributed by atoms with Crippen LogP contribution >= 0.6 is 0 Å². The van der Waals surface area contributed by atoms with Crippen LogP contribution in [0.3, 0.4) is 0 Å². The van der Waals surface area contributed by atoms with Crippen molar-refractivity contribution in [3.63, 3.8) is 0 Å². The summed E-state index contributed by atoms with van der Waals surface area (Å²) in [5.74, 6) is -0.553. The molecular weight excluding hydrogens is 233 g/mol. The second kappa shape index (κ2) is 5.13. The molecule has 0 radical (unpaired) electrons. The van der Waals surface area contributed by atoms with Gasteiger partial charge in [-0.2, -0.15) is 13.1 Å². The van der Waals surface area contributed by atoms with Crippen molar-refractivity contribution >= 4 is 21.6 Å². The summed E-state index contributed by atoms with van der Waals surface area (Å²) in [6.07, 6.45) is 0.666. The number of hydrogen-bond acceptors (Lipinski definition) is 3. The third-order valence-electron chi connectivity index (χ3n) is 1.80. The molecule has 16 heavy (non-hydrogen) atoms. The molecule has 90 valence electrons. The van der Waals surface area contributed by atoms with Crippen molar-refractivity contribution in [2.45, 2.75) is 13.3 Å². The van der Waals surface area contributed by atoms with Crippen molar-refractivity contribution in [1.29, 1.82) is 0 Å². The molecule has 7 heteroatoms. The minimum atomic E-state index is -3.68. The Balaban J connectivity index is 2.83. The van der Waals surface area contributed by atoms with E-state index in [9.17, 15) is 12.8 Å². The van der Waals surface area contributed by atoms with Gasteiger partial charge in [-0.15, -0.1) is 0 Å². The summed E-state index contributed by atoms with van der Waals surface area (Å²) >= 11 is 0. The molecule has 0 spiro atoms. The first-order valence-electron chi connectivity index (χ1n) is 4.77. The number of halogens is 1. The molecule has 0 amide bonds. The van der Waals surface area contributed by atoms with E-state index in [0.29, 0.717) is 13.0 Å². The Morgan fingerprint density at radius 2 is 2.12 bits per heavy atom. The van der Waals surface area contributed by atoms with E-state index >= 15 is 0 Å². The monoisotopic (exact) mass is 247 g/mol.